The molecule has 0 atom stereocenters. The van der Waals surface area contributed by atoms with Crippen LogP contribution in [0.5, 0.6) is 5.75 Å². The van der Waals surface area contributed by atoms with Crippen LogP contribution in [0.25, 0.3) is 0 Å². The van der Waals surface area contributed by atoms with Crippen molar-refractivity contribution in [2.45, 2.75) is 6.92 Å². The average molecular weight is 505 g/mol. The van der Waals surface area contributed by atoms with Crippen LogP contribution in [0.4, 0.5) is 0 Å². The lowest BCUT2D eigenvalue weighted by atomic mass is 10.2. The minimum absolute atomic E-state index is 0.129. The fourth-order valence-corrected chi connectivity index (χ4v) is 3.82. The van der Waals surface area contributed by atoms with Gasteiger partial charge in [-0.2, -0.15) is 5.10 Å². The van der Waals surface area contributed by atoms with E-state index in [9.17, 15) is 4.79 Å². The third-order valence-corrected chi connectivity index (χ3v) is 4.41. The van der Waals surface area contributed by atoms with Crippen LogP contribution in [0.15, 0.2) is 54.9 Å². The highest BCUT2D eigenvalue weighted by molar-refractivity contribution is 9.11. The number of halogens is 3. The molecule has 2 aromatic rings. The summed E-state index contributed by atoms with van der Waals surface area (Å²) in [5.41, 5.74) is 4.39. The molecule has 0 bridgehead atoms. The van der Waals surface area contributed by atoms with Crippen LogP contribution < -0.4 is 10.2 Å². The van der Waals surface area contributed by atoms with Gasteiger partial charge in [-0.25, -0.2) is 5.43 Å². The molecule has 0 aliphatic rings. The predicted molar refractivity (Wildman–Crippen MR) is 102 cm³/mol. The van der Waals surface area contributed by atoms with E-state index in [2.05, 4.69) is 58.3 Å². The highest BCUT2D eigenvalue weighted by Crippen LogP contribution is 2.34. The van der Waals surface area contributed by atoms with Gasteiger partial charge in [-0.3, -0.25) is 4.79 Å². The average Bonchev–Trinajstić information content (AvgIpc) is 2.46. The molecular formula is C16H13Br3N2O2. The van der Waals surface area contributed by atoms with E-state index in [1.807, 2.05) is 43.3 Å². The van der Waals surface area contributed by atoms with Gasteiger partial charge < -0.3 is 4.74 Å². The maximum Gasteiger partial charge on any atom is 0.277 e. The number of carbonyl (C=O) groups excluding carboxylic acids is 1. The Morgan fingerprint density at radius 3 is 2.57 bits per heavy atom. The first-order valence-electron chi connectivity index (χ1n) is 6.61. The molecule has 0 saturated carbocycles. The lowest BCUT2D eigenvalue weighted by molar-refractivity contribution is -0.123. The number of nitrogens with zero attached hydrogens (tertiary/aromatic N) is 1. The van der Waals surface area contributed by atoms with Gasteiger partial charge in [0.1, 0.15) is 5.75 Å². The molecule has 0 fully saturated rings. The summed E-state index contributed by atoms with van der Waals surface area (Å²) in [6.07, 6.45) is 1.57. The van der Waals surface area contributed by atoms with Crippen molar-refractivity contribution in [3.63, 3.8) is 0 Å². The second-order valence-corrected chi connectivity index (χ2v) is 7.32. The Hall–Kier alpha value is -1.18. The van der Waals surface area contributed by atoms with Gasteiger partial charge in [-0.05, 0) is 74.2 Å². The third-order valence-electron chi connectivity index (χ3n) is 2.74. The van der Waals surface area contributed by atoms with Gasteiger partial charge in [0.25, 0.3) is 5.91 Å². The largest absolute Gasteiger partial charge is 0.481 e. The first kappa shape index (κ1) is 18.2. The molecule has 1 amide bonds. The topological polar surface area (TPSA) is 50.7 Å². The number of hydrazone groups is 1. The summed E-state index contributed by atoms with van der Waals surface area (Å²) in [6.45, 7) is 1.85. The summed E-state index contributed by atoms with van der Waals surface area (Å²) in [5.74, 6) is 0.248. The molecule has 0 unspecified atom stereocenters. The van der Waals surface area contributed by atoms with Crippen molar-refractivity contribution in [2.75, 3.05) is 6.61 Å². The lowest BCUT2D eigenvalue weighted by Gasteiger charge is -2.10. The molecule has 4 nitrogen and oxygen atoms in total. The molecule has 0 aliphatic carbocycles. The Morgan fingerprint density at radius 1 is 1.22 bits per heavy atom. The van der Waals surface area contributed by atoms with E-state index in [4.69, 9.17) is 4.74 Å². The van der Waals surface area contributed by atoms with E-state index in [1.54, 1.807) is 6.21 Å². The van der Waals surface area contributed by atoms with Crippen LogP contribution in [0.1, 0.15) is 11.1 Å². The maximum atomic E-state index is 11.8. The van der Waals surface area contributed by atoms with Gasteiger partial charge >= 0.3 is 0 Å². The van der Waals surface area contributed by atoms with Gasteiger partial charge in [0.05, 0.1) is 15.2 Å². The number of rotatable bonds is 5. The van der Waals surface area contributed by atoms with Crippen LogP contribution in [-0.2, 0) is 4.79 Å². The number of aryl methyl sites for hydroxylation is 1. The van der Waals surface area contributed by atoms with E-state index in [0.29, 0.717) is 5.75 Å². The van der Waals surface area contributed by atoms with Gasteiger partial charge in [-0.1, -0.05) is 28.1 Å². The Bertz CT molecular complexity index is 725. The van der Waals surface area contributed by atoms with E-state index < -0.39 is 0 Å². The van der Waals surface area contributed by atoms with Crippen LogP contribution in [0, 0.1) is 6.92 Å². The van der Waals surface area contributed by atoms with Crippen molar-refractivity contribution in [2.24, 2.45) is 5.10 Å². The molecule has 0 saturated heterocycles. The van der Waals surface area contributed by atoms with Crippen molar-refractivity contribution in [1.29, 1.82) is 0 Å². The van der Waals surface area contributed by atoms with E-state index in [1.165, 1.54) is 0 Å². The lowest BCUT2D eigenvalue weighted by Crippen LogP contribution is -2.24. The minimum Gasteiger partial charge on any atom is -0.481 e. The number of benzene rings is 2. The molecule has 1 N–H and O–H groups in total. The van der Waals surface area contributed by atoms with E-state index in [0.717, 1.165) is 24.5 Å². The number of hydrogen-bond donors (Lipinski definition) is 1. The zero-order valence-corrected chi connectivity index (χ0v) is 16.9. The van der Waals surface area contributed by atoms with Crippen molar-refractivity contribution >= 4 is 59.9 Å². The number of hydrogen-bond acceptors (Lipinski definition) is 3. The molecule has 0 aromatic heterocycles. The number of carbonyl (C=O) groups is 1. The highest BCUT2D eigenvalue weighted by atomic mass is 79.9. The summed E-state index contributed by atoms with van der Waals surface area (Å²) in [7, 11) is 0. The number of ether oxygens (including phenoxy) is 1. The first-order valence-corrected chi connectivity index (χ1v) is 8.99. The van der Waals surface area contributed by atoms with Crippen LogP contribution in [0.2, 0.25) is 0 Å². The zero-order valence-electron chi connectivity index (χ0n) is 12.1. The molecule has 0 radical (unpaired) electrons. The third kappa shape index (κ3) is 5.75. The molecule has 0 spiro atoms. The van der Waals surface area contributed by atoms with Crippen molar-refractivity contribution < 1.29 is 9.53 Å². The minimum atomic E-state index is -0.337. The standard InChI is InChI=1S/C16H13Br3N2O2/c1-10-5-13(18)16(14(19)6-10)23-9-15(22)21-20-8-11-3-2-4-12(17)7-11/h2-8H,9H2,1H3,(H,21,22)/b20-8+. The first-order chi connectivity index (χ1) is 11.0. The van der Waals surface area contributed by atoms with Crippen LogP contribution in [0.3, 0.4) is 0 Å². The molecule has 2 rings (SSSR count). The van der Waals surface area contributed by atoms with Gasteiger partial charge in [0, 0.05) is 4.47 Å². The Labute approximate surface area is 159 Å². The number of amides is 1. The Kier molecular flexibility index (Phi) is 6.80. The fraction of sp³-hybridized carbons (Fsp3) is 0.125. The van der Waals surface area contributed by atoms with Crippen molar-refractivity contribution in [3.8, 4) is 5.75 Å². The molecular weight excluding hydrogens is 492 g/mol. The molecule has 7 heteroatoms. The van der Waals surface area contributed by atoms with Crippen molar-refractivity contribution in [3.05, 3.63) is 60.9 Å². The van der Waals surface area contributed by atoms with E-state index >= 15 is 0 Å². The highest BCUT2D eigenvalue weighted by Gasteiger charge is 2.09. The fourth-order valence-electron chi connectivity index (χ4n) is 1.76. The summed E-state index contributed by atoms with van der Waals surface area (Å²) in [6, 6.07) is 11.4. The van der Waals surface area contributed by atoms with Crippen molar-refractivity contribution in [1.82, 2.24) is 5.43 Å². The van der Waals surface area contributed by atoms with Crippen LogP contribution in [-0.4, -0.2) is 18.7 Å². The normalized spacial score (nSPS) is 10.8. The second-order valence-electron chi connectivity index (χ2n) is 4.69. The summed E-state index contributed by atoms with van der Waals surface area (Å²) >= 11 is 10.2. The smallest absolute Gasteiger partial charge is 0.277 e. The summed E-state index contributed by atoms with van der Waals surface area (Å²) in [4.78, 5) is 11.8. The monoisotopic (exact) mass is 502 g/mol. The molecule has 0 heterocycles. The summed E-state index contributed by atoms with van der Waals surface area (Å²) < 4.78 is 8.04. The number of nitrogens with one attached hydrogen (secondary N) is 1. The molecule has 120 valence electrons. The van der Waals surface area contributed by atoms with Gasteiger partial charge in [0.15, 0.2) is 6.61 Å². The quantitative estimate of drug-likeness (QED) is 0.469. The van der Waals surface area contributed by atoms with E-state index in [-0.39, 0.29) is 12.5 Å². The SMILES string of the molecule is Cc1cc(Br)c(OCC(=O)N/N=C/c2cccc(Br)c2)c(Br)c1. The predicted octanol–water partition coefficient (Wildman–Crippen LogP) is 4.81. The summed E-state index contributed by atoms with van der Waals surface area (Å²) in [5, 5.41) is 3.91. The van der Waals surface area contributed by atoms with Crippen LogP contribution >= 0.6 is 47.8 Å². The molecule has 2 aromatic carbocycles. The second kappa shape index (κ2) is 8.61. The Balaban J connectivity index is 1.88. The molecule has 23 heavy (non-hydrogen) atoms. The van der Waals surface area contributed by atoms with Gasteiger partial charge in [0.2, 0.25) is 0 Å². The maximum absolute atomic E-state index is 11.8. The van der Waals surface area contributed by atoms with Gasteiger partial charge in [-0.15, -0.1) is 0 Å². The molecule has 0 aliphatic heterocycles. The Morgan fingerprint density at radius 2 is 1.91 bits per heavy atom. The zero-order chi connectivity index (χ0) is 16.8.